The van der Waals surface area contributed by atoms with Crippen LogP contribution < -0.4 is 10.1 Å². The van der Waals surface area contributed by atoms with Crippen molar-refractivity contribution in [2.24, 2.45) is 0 Å². The minimum atomic E-state index is 0.0178. The molecule has 0 aliphatic heterocycles. The first-order valence-corrected chi connectivity index (χ1v) is 7.56. The number of halogens is 2. The molecule has 0 aliphatic rings. The van der Waals surface area contributed by atoms with Gasteiger partial charge in [-0.15, -0.1) is 0 Å². The van der Waals surface area contributed by atoms with Gasteiger partial charge in [-0.05, 0) is 51.1 Å². The third kappa shape index (κ3) is 4.92. The maximum absolute atomic E-state index is 6.14. The van der Waals surface area contributed by atoms with E-state index in [4.69, 9.17) is 27.9 Å². The largest absolute Gasteiger partial charge is 0.455 e. The average molecular weight is 324 g/mol. The van der Waals surface area contributed by atoms with Crippen LogP contribution in [0, 0.1) is 0 Å². The molecule has 0 heterocycles. The van der Waals surface area contributed by atoms with Gasteiger partial charge in [0.05, 0.1) is 5.02 Å². The first-order chi connectivity index (χ1) is 9.85. The zero-order valence-corrected chi connectivity index (χ0v) is 13.9. The smallest absolute Gasteiger partial charge is 0.146 e. The average Bonchev–Trinajstić information content (AvgIpc) is 2.40. The summed E-state index contributed by atoms with van der Waals surface area (Å²) in [5.41, 5.74) is 1.02. The number of benzene rings is 2. The normalized spacial score (nSPS) is 11.5. The van der Waals surface area contributed by atoms with Crippen LogP contribution in [0.2, 0.25) is 10.0 Å². The molecule has 0 amide bonds. The van der Waals surface area contributed by atoms with Gasteiger partial charge >= 0.3 is 0 Å². The van der Waals surface area contributed by atoms with Gasteiger partial charge in [0.25, 0.3) is 0 Å². The van der Waals surface area contributed by atoms with Gasteiger partial charge < -0.3 is 10.1 Å². The van der Waals surface area contributed by atoms with E-state index >= 15 is 0 Å². The van der Waals surface area contributed by atoms with Gasteiger partial charge in [-0.25, -0.2) is 0 Å². The number of ether oxygens (including phenoxy) is 1. The Hall–Kier alpha value is -1.22. The van der Waals surface area contributed by atoms with Crippen LogP contribution in [0.15, 0.2) is 42.5 Å². The summed E-state index contributed by atoms with van der Waals surface area (Å²) in [4.78, 5) is 0. The first-order valence-electron chi connectivity index (χ1n) is 6.81. The molecular formula is C17H19Cl2NO. The quantitative estimate of drug-likeness (QED) is 0.782. The predicted octanol–water partition coefficient (Wildman–Crippen LogP) is 5.67. The summed E-state index contributed by atoms with van der Waals surface area (Å²) in [6.45, 7) is 7.02. The molecular weight excluding hydrogens is 305 g/mol. The van der Waals surface area contributed by atoms with Crippen molar-refractivity contribution < 1.29 is 4.74 Å². The molecule has 0 atom stereocenters. The number of para-hydroxylation sites is 1. The highest BCUT2D eigenvalue weighted by Crippen LogP contribution is 2.32. The molecule has 1 N–H and O–H groups in total. The van der Waals surface area contributed by atoms with E-state index in [0.29, 0.717) is 22.3 Å². The number of hydrogen-bond donors (Lipinski definition) is 1. The molecule has 0 radical (unpaired) electrons. The van der Waals surface area contributed by atoms with Crippen LogP contribution in [-0.4, -0.2) is 5.54 Å². The van der Waals surface area contributed by atoms with Crippen LogP contribution >= 0.6 is 23.2 Å². The van der Waals surface area contributed by atoms with Crippen LogP contribution in [-0.2, 0) is 6.54 Å². The molecule has 2 nitrogen and oxygen atoms in total. The lowest BCUT2D eigenvalue weighted by atomic mass is 10.1. The standard InChI is InChI=1S/C17H19Cl2NO/c1-17(2,3)20-11-12-10-13(18)8-9-15(12)21-16-7-5-4-6-14(16)19/h4-10,20H,11H2,1-3H3. The predicted molar refractivity (Wildman–Crippen MR) is 89.6 cm³/mol. The van der Waals surface area contributed by atoms with E-state index < -0.39 is 0 Å². The molecule has 0 spiro atoms. The van der Waals surface area contributed by atoms with E-state index in [1.165, 1.54) is 0 Å². The second-order valence-electron chi connectivity index (χ2n) is 5.89. The van der Waals surface area contributed by atoms with Crippen molar-refractivity contribution >= 4 is 23.2 Å². The second-order valence-corrected chi connectivity index (χ2v) is 6.73. The van der Waals surface area contributed by atoms with Crippen LogP contribution in [0.1, 0.15) is 26.3 Å². The van der Waals surface area contributed by atoms with Crippen molar-refractivity contribution in [2.45, 2.75) is 32.9 Å². The Labute approximate surface area is 136 Å². The number of hydrogen-bond acceptors (Lipinski definition) is 2. The summed E-state index contributed by atoms with van der Waals surface area (Å²) in [5, 5.41) is 4.71. The fourth-order valence-electron chi connectivity index (χ4n) is 1.79. The molecule has 21 heavy (non-hydrogen) atoms. The molecule has 0 fully saturated rings. The first kappa shape index (κ1) is 16.2. The van der Waals surface area contributed by atoms with E-state index in [1.807, 2.05) is 36.4 Å². The summed E-state index contributed by atoms with van der Waals surface area (Å²) in [6, 6.07) is 13.0. The highest BCUT2D eigenvalue weighted by atomic mass is 35.5. The van der Waals surface area contributed by atoms with Gasteiger partial charge in [0.1, 0.15) is 11.5 Å². The van der Waals surface area contributed by atoms with E-state index in [9.17, 15) is 0 Å². The van der Waals surface area contributed by atoms with E-state index in [2.05, 4.69) is 26.1 Å². The molecule has 4 heteroatoms. The molecule has 0 bridgehead atoms. The zero-order chi connectivity index (χ0) is 15.5. The van der Waals surface area contributed by atoms with Crippen molar-refractivity contribution in [3.63, 3.8) is 0 Å². The van der Waals surface area contributed by atoms with E-state index in [-0.39, 0.29) is 5.54 Å². The zero-order valence-electron chi connectivity index (χ0n) is 12.4. The van der Waals surface area contributed by atoms with Gasteiger partial charge in [0.15, 0.2) is 0 Å². The fraction of sp³-hybridized carbons (Fsp3) is 0.294. The Balaban J connectivity index is 2.25. The van der Waals surface area contributed by atoms with Crippen molar-refractivity contribution in [1.82, 2.24) is 5.32 Å². The van der Waals surface area contributed by atoms with Crippen LogP contribution in [0.3, 0.4) is 0 Å². The Morgan fingerprint density at radius 1 is 1.00 bits per heavy atom. The summed E-state index contributed by atoms with van der Waals surface area (Å²) in [6.07, 6.45) is 0. The van der Waals surface area contributed by atoms with Crippen molar-refractivity contribution in [3.05, 3.63) is 58.1 Å². The Morgan fingerprint density at radius 3 is 2.38 bits per heavy atom. The lowest BCUT2D eigenvalue weighted by Crippen LogP contribution is -2.35. The topological polar surface area (TPSA) is 21.3 Å². The van der Waals surface area contributed by atoms with Crippen molar-refractivity contribution in [1.29, 1.82) is 0 Å². The van der Waals surface area contributed by atoms with Crippen LogP contribution in [0.25, 0.3) is 0 Å². The summed E-state index contributed by atoms with van der Waals surface area (Å²) in [5.74, 6) is 1.39. The minimum Gasteiger partial charge on any atom is -0.455 e. The molecule has 2 rings (SSSR count). The monoisotopic (exact) mass is 323 g/mol. The molecule has 0 unspecified atom stereocenters. The molecule has 0 saturated carbocycles. The third-order valence-corrected chi connectivity index (χ3v) is 3.44. The maximum Gasteiger partial charge on any atom is 0.146 e. The number of rotatable bonds is 4. The van der Waals surface area contributed by atoms with Gasteiger partial charge in [-0.3, -0.25) is 0 Å². The fourth-order valence-corrected chi connectivity index (χ4v) is 2.16. The molecule has 0 aliphatic carbocycles. The lowest BCUT2D eigenvalue weighted by molar-refractivity contribution is 0.414. The van der Waals surface area contributed by atoms with Gasteiger partial charge in [-0.2, -0.15) is 0 Å². The molecule has 2 aromatic rings. The second kappa shape index (κ2) is 6.69. The summed E-state index contributed by atoms with van der Waals surface area (Å²) < 4.78 is 5.93. The molecule has 2 aromatic carbocycles. The van der Waals surface area contributed by atoms with Gasteiger partial charge in [0, 0.05) is 22.7 Å². The van der Waals surface area contributed by atoms with Gasteiger partial charge in [-0.1, -0.05) is 35.3 Å². The Bertz CT molecular complexity index is 620. The van der Waals surface area contributed by atoms with Crippen LogP contribution in [0.5, 0.6) is 11.5 Å². The van der Waals surface area contributed by atoms with Crippen molar-refractivity contribution in [3.8, 4) is 11.5 Å². The molecule has 0 aromatic heterocycles. The maximum atomic E-state index is 6.14. The molecule has 112 valence electrons. The van der Waals surface area contributed by atoms with Gasteiger partial charge in [0.2, 0.25) is 0 Å². The third-order valence-electron chi connectivity index (χ3n) is 2.89. The SMILES string of the molecule is CC(C)(C)NCc1cc(Cl)ccc1Oc1ccccc1Cl. The van der Waals surface area contributed by atoms with E-state index in [1.54, 1.807) is 6.07 Å². The summed E-state index contributed by atoms with van der Waals surface area (Å²) >= 11 is 12.2. The highest BCUT2D eigenvalue weighted by molar-refractivity contribution is 6.32. The van der Waals surface area contributed by atoms with Crippen LogP contribution in [0.4, 0.5) is 0 Å². The lowest BCUT2D eigenvalue weighted by Gasteiger charge is -2.22. The van der Waals surface area contributed by atoms with Crippen molar-refractivity contribution in [2.75, 3.05) is 0 Å². The summed E-state index contributed by atoms with van der Waals surface area (Å²) in [7, 11) is 0. The minimum absolute atomic E-state index is 0.0178. The Kier molecular flexibility index (Phi) is 5.15. The van der Waals surface area contributed by atoms with E-state index in [0.717, 1.165) is 11.3 Å². The number of nitrogens with one attached hydrogen (secondary N) is 1. The molecule has 0 saturated heterocycles. The Morgan fingerprint density at radius 2 is 1.71 bits per heavy atom. The highest BCUT2D eigenvalue weighted by Gasteiger charge is 2.12.